The van der Waals surface area contributed by atoms with Crippen LogP contribution >= 0.6 is 0 Å². The van der Waals surface area contributed by atoms with Crippen molar-refractivity contribution in [2.75, 3.05) is 65.4 Å². The second-order valence-electron chi connectivity index (χ2n) is 7.23. The predicted molar refractivity (Wildman–Crippen MR) is 109 cm³/mol. The summed E-state index contributed by atoms with van der Waals surface area (Å²) in [5, 5.41) is 5.93. The van der Waals surface area contributed by atoms with Gasteiger partial charge in [0.2, 0.25) is 11.8 Å². The van der Waals surface area contributed by atoms with Gasteiger partial charge in [-0.15, -0.1) is 0 Å². The molecule has 0 heterocycles. The Kier molecular flexibility index (Phi) is 12.5. The Hall–Kier alpha value is -1.14. The van der Waals surface area contributed by atoms with E-state index < -0.39 is 0 Å². The van der Waals surface area contributed by atoms with Crippen LogP contribution in [0.3, 0.4) is 0 Å². The highest BCUT2D eigenvalue weighted by atomic mass is 16.2. The quantitative estimate of drug-likeness (QED) is 0.430. The van der Waals surface area contributed by atoms with Crippen molar-refractivity contribution in [1.82, 2.24) is 10.6 Å². The third-order valence-corrected chi connectivity index (χ3v) is 6.42. The van der Waals surface area contributed by atoms with Crippen LogP contribution in [0, 0.1) is 0 Å². The molecule has 0 spiro atoms. The Morgan fingerprint density at radius 3 is 1.08 bits per heavy atom. The molecule has 0 rings (SSSR count). The summed E-state index contributed by atoms with van der Waals surface area (Å²) in [6.45, 7) is 22.9. The minimum absolute atomic E-state index is 0.0256. The van der Waals surface area contributed by atoms with Crippen molar-refractivity contribution in [1.29, 1.82) is 0 Å². The van der Waals surface area contributed by atoms with E-state index in [4.69, 9.17) is 0 Å². The molecule has 0 aromatic carbocycles. The van der Waals surface area contributed by atoms with Gasteiger partial charge in [0, 0.05) is 12.8 Å². The number of nitrogens with zero attached hydrogens (tertiary/aromatic N) is 2. The molecule has 0 aromatic heterocycles. The molecular weight excluding hydrogens is 328 g/mol. The van der Waals surface area contributed by atoms with Gasteiger partial charge in [-0.05, 0) is 41.5 Å². The van der Waals surface area contributed by atoms with E-state index in [-0.39, 0.29) is 24.7 Å². The van der Waals surface area contributed by atoms with E-state index in [1.807, 2.05) is 0 Å². The molecule has 0 unspecified atom stereocenters. The van der Waals surface area contributed by atoms with E-state index in [2.05, 4.69) is 52.2 Å². The van der Waals surface area contributed by atoms with Crippen molar-refractivity contribution in [2.45, 2.75) is 54.4 Å². The van der Waals surface area contributed by atoms with Crippen LogP contribution in [-0.4, -0.2) is 86.2 Å². The summed E-state index contributed by atoms with van der Waals surface area (Å²) in [6.07, 6.45) is 0.539. The van der Waals surface area contributed by atoms with Crippen LogP contribution in [0.15, 0.2) is 0 Å². The standard InChI is InChI=1S/C20H42N4O2/c1-7-23(8-2,9-3)17-15-21-19(25)13-14-20(26)22-16-18-24(10-4,11-5)12-6/h7-18H2,1-6H3/p+2. The first kappa shape index (κ1) is 24.9. The normalized spacial score (nSPS) is 12.1. The van der Waals surface area contributed by atoms with Gasteiger partial charge in [0.25, 0.3) is 0 Å². The van der Waals surface area contributed by atoms with Crippen molar-refractivity contribution >= 4 is 11.8 Å². The molecule has 2 N–H and O–H groups in total. The lowest BCUT2D eigenvalue weighted by atomic mass is 10.2. The van der Waals surface area contributed by atoms with Crippen LogP contribution < -0.4 is 10.6 Å². The fourth-order valence-corrected chi connectivity index (χ4v) is 3.56. The Morgan fingerprint density at radius 2 is 0.846 bits per heavy atom. The predicted octanol–water partition coefficient (Wildman–Crippen LogP) is 1.75. The molecule has 0 bridgehead atoms. The molecule has 0 fully saturated rings. The van der Waals surface area contributed by atoms with Gasteiger partial charge in [-0.3, -0.25) is 9.59 Å². The lowest BCUT2D eigenvalue weighted by molar-refractivity contribution is -0.922. The number of carbonyl (C=O) groups excluding carboxylic acids is 2. The van der Waals surface area contributed by atoms with Gasteiger partial charge in [0.15, 0.2) is 0 Å². The summed E-state index contributed by atoms with van der Waals surface area (Å²) in [6, 6.07) is 0. The number of hydrogen-bond acceptors (Lipinski definition) is 2. The monoisotopic (exact) mass is 372 g/mol. The van der Waals surface area contributed by atoms with Crippen LogP contribution in [0.4, 0.5) is 0 Å². The number of amides is 2. The van der Waals surface area contributed by atoms with E-state index in [0.717, 1.165) is 61.3 Å². The Balaban J connectivity index is 4.04. The highest BCUT2D eigenvalue weighted by molar-refractivity contribution is 5.83. The van der Waals surface area contributed by atoms with Gasteiger partial charge in [-0.25, -0.2) is 0 Å². The fourth-order valence-electron chi connectivity index (χ4n) is 3.56. The van der Waals surface area contributed by atoms with E-state index in [9.17, 15) is 9.59 Å². The highest BCUT2D eigenvalue weighted by Crippen LogP contribution is 2.05. The second kappa shape index (κ2) is 13.1. The third kappa shape index (κ3) is 8.49. The number of likely N-dealkylation sites (N-methyl/N-ethyl adjacent to an activating group) is 2. The van der Waals surface area contributed by atoms with Crippen molar-refractivity contribution in [3.63, 3.8) is 0 Å². The summed E-state index contributed by atoms with van der Waals surface area (Å²) in [4.78, 5) is 23.9. The number of nitrogens with one attached hydrogen (secondary N) is 2. The SMILES string of the molecule is CC[N+](CC)(CC)CCNC(=O)CCC(=O)NCC[N+](CC)(CC)CC. The number of quaternary nitrogens is 2. The maximum Gasteiger partial charge on any atom is 0.220 e. The molecule has 0 aliphatic heterocycles. The number of hydrogen-bond donors (Lipinski definition) is 2. The Morgan fingerprint density at radius 1 is 0.577 bits per heavy atom. The smallest absolute Gasteiger partial charge is 0.220 e. The first-order valence-corrected chi connectivity index (χ1v) is 10.6. The largest absolute Gasteiger partial charge is 0.350 e. The average Bonchev–Trinajstić information content (AvgIpc) is 2.68. The molecule has 0 aromatic rings. The molecule has 0 radical (unpaired) electrons. The average molecular weight is 373 g/mol. The van der Waals surface area contributed by atoms with E-state index in [0.29, 0.717) is 13.1 Å². The molecule has 0 aliphatic rings. The van der Waals surface area contributed by atoms with Crippen molar-refractivity contribution in [2.24, 2.45) is 0 Å². The van der Waals surface area contributed by atoms with Crippen molar-refractivity contribution < 1.29 is 18.6 Å². The van der Waals surface area contributed by atoms with Crippen LogP contribution in [0.25, 0.3) is 0 Å². The van der Waals surface area contributed by atoms with Crippen molar-refractivity contribution in [3.05, 3.63) is 0 Å². The first-order chi connectivity index (χ1) is 12.4. The van der Waals surface area contributed by atoms with Crippen LogP contribution in [0.2, 0.25) is 0 Å². The fraction of sp³-hybridized carbons (Fsp3) is 0.900. The van der Waals surface area contributed by atoms with E-state index in [1.54, 1.807) is 0 Å². The lowest BCUT2D eigenvalue weighted by Gasteiger charge is -2.35. The second-order valence-corrected chi connectivity index (χ2v) is 7.23. The molecule has 0 aliphatic carbocycles. The highest BCUT2D eigenvalue weighted by Gasteiger charge is 2.21. The van der Waals surface area contributed by atoms with Crippen LogP contribution in [0.5, 0.6) is 0 Å². The maximum absolute atomic E-state index is 12.0. The zero-order chi connectivity index (χ0) is 20.1. The molecule has 154 valence electrons. The number of carbonyl (C=O) groups is 2. The molecule has 0 atom stereocenters. The summed E-state index contributed by atoms with van der Waals surface area (Å²) in [7, 11) is 0. The van der Waals surface area contributed by atoms with Gasteiger partial charge in [-0.1, -0.05) is 0 Å². The summed E-state index contributed by atoms with van der Waals surface area (Å²) in [5.74, 6) is -0.0512. The molecule has 6 heteroatoms. The van der Waals surface area contributed by atoms with Crippen molar-refractivity contribution in [3.8, 4) is 0 Å². The maximum atomic E-state index is 12.0. The number of rotatable bonds is 15. The summed E-state index contributed by atoms with van der Waals surface area (Å²) >= 11 is 0. The zero-order valence-electron chi connectivity index (χ0n) is 18.2. The van der Waals surface area contributed by atoms with Crippen LogP contribution in [-0.2, 0) is 9.59 Å². The molecule has 0 saturated carbocycles. The lowest BCUT2D eigenvalue weighted by Crippen LogP contribution is -2.51. The molecular formula is C20H44N4O2+2. The minimum atomic E-state index is -0.0256. The minimum Gasteiger partial charge on any atom is -0.350 e. The van der Waals surface area contributed by atoms with Crippen LogP contribution in [0.1, 0.15) is 54.4 Å². The van der Waals surface area contributed by atoms with Gasteiger partial charge in [0.1, 0.15) is 0 Å². The van der Waals surface area contributed by atoms with Gasteiger partial charge in [0.05, 0.1) is 65.4 Å². The van der Waals surface area contributed by atoms with E-state index in [1.165, 1.54) is 0 Å². The van der Waals surface area contributed by atoms with Gasteiger partial charge >= 0.3 is 0 Å². The molecule has 26 heavy (non-hydrogen) atoms. The summed E-state index contributed by atoms with van der Waals surface area (Å²) < 4.78 is 2.04. The Bertz CT molecular complexity index is 350. The molecule has 0 saturated heterocycles. The van der Waals surface area contributed by atoms with Gasteiger partial charge in [-0.2, -0.15) is 0 Å². The van der Waals surface area contributed by atoms with E-state index >= 15 is 0 Å². The third-order valence-electron chi connectivity index (χ3n) is 6.42. The van der Waals surface area contributed by atoms with Gasteiger partial charge < -0.3 is 19.6 Å². The zero-order valence-corrected chi connectivity index (χ0v) is 18.2. The topological polar surface area (TPSA) is 58.2 Å². The Labute approximate surface area is 161 Å². The first-order valence-electron chi connectivity index (χ1n) is 10.6. The molecule has 2 amide bonds. The summed E-state index contributed by atoms with van der Waals surface area (Å²) in [5.41, 5.74) is 0. The molecule has 6 nitrogen and oxygen atoms in total.